The number of amides is 4. The fraction of sp³-hybridized carbons (Fsp3) is 0.435. The van der Waals surface area contributed by atoms with Gasteiger partial charge in [-0.05, 0) is 51.0 Å². The number of ether oxygens (including phenoxy) is 2. The highest BCUT2D eigenvalue weighted by Gasteiger charge is 2.37. The molecule has 12 nitrogen and oxygen atoms in total. The van der Waals surface area contributed by atoms with Gasteiger partial charge in [0.15, 0.2) is 0 Å². The van der Waals surface area contributed by atoms with Gasteiger partial charge in [0.05, 0.1) is 13.5 Å². The number of esters is 1. The van der Waals surface area contributed by atoms with E-state index in [2.05, 4.69) is 21.4 Å². The molecule has 2 atom stereocenters. The molecule has 0 fully saturated rings. The van der Waals surface area contributed by atoms with Crippen LogP contribution in [0, 0.1) is 19.4 Å². The average molecular weight is 491 g/mol. The Morgan fingerprint density at radius 3 is 2.34 bits per heavy atom. The van der Waals surface area contributed by atoms with Gasteiger partial charge in [0.25, 0.3) is 5.91 Å². The molecule has 0 saturated carbocycles. The molecule has 0 heterocycles. The van der Waals surface area contributed by atoms with Crippen molar-refractivity contribution in [3.63, 3.8) is 0 Å². The van der Waals surface area contributed by atoms with Gasteiger partial charge in [0.1, 0.15) is 30.0 Å². The first-order valence-corrected chi connectivity index (χ1v) is 10.4. The SMILES string of the molecule is C#CN(C(=O)C(CC(N)=O)NC(=O)OC(C)(C)C)C(C(=O)NCC(=O)OC)c1ccc(O)c(C)c1. The number of nitrogens with one attached hydrogen (secondary N) is 2. The zero-order valence-corrected chi connectivity index (χ0v) is 20.2. The van der Waals surface area contributed by atoms with E-state index in [-0.39, 0.29) is 11.3 Å². The lowest BCUT2D eigenvalue weighted by Gasteiger charge is -2.30. The predicted molar refractivity (Wildman–Crippen MR) is 123 cm³/mol. The van der Waals surface area contributed by atoms with Crippen LogP contribution >= 0.6 is 0 Å². The van der Waals surface area contributed by atoms with E-state index >= 15 is 0 Å². The summed E-state index contributed by atoms with van der Waals surface area (Å²) in [5, 5.41) is 14.4. The van der Waals surface area contributed by atoms with Crippen LogP contribution in [0.4, 0.5) is 4.79 Å². The Morgan fingerprint density at radius 1 is 1.23 bits per heavy atom. The van der Waals surface area contributed by atoms with E-state index in [1.54, 1.807) is 27.7 Å². The van der Waals surface area contributed by atoms with Crippen LogP contribution in [0.3, 0.4) is 0 Å². The van der Waals surface area contributed by atoms with E-state index in [1.807, 2.05) is 0 Å². The third-order valence-electron chi connectivity index (χ3n) is 4.45. The summed E-state index contributed by atoms with van der Waals surface area (Å²) in [4.78, 5) is 62.4. The van der Waals surface area contributed by atoms with Crippen LogP contribution in [-0.2, 0) is 28.7 Å². The summed E-state index contributed by atoms with van der Waals surface area (Å²) in [6.45, 7) is 5.83. The number of terminal acetylenes is 1. The topological polar surface area (TPSA) is 177 Å². The van der Waals surface area contributed by atoms with E-state index in [9.17, 15) is 29.1 Å². The second-order valence-corrected chi connectivity index (χ2v) is 8.45. The summed E-state index contributed by atoms with van der Waals surface area (Å²) < 4.78 is 9.63. The van der Waals surface area contributed by atoms with Gasteiger partial charge in [0.2, 0.25) is 11.8 Å². The molecule has 0 aromatic heterocycles. The molecule has 12 heteroatoms. The van der Waals surface area contributed by atoms with Crippen LogP contribution in [-0.4, -0.2) is 65.1 Å². The van der Waals surface area contributed by atoms with Crippen molar-refractivity contribution in [2.75, 3.05) is 13.7 Å². The van der Waals surface area contributed by atoms with Gasteiger partial charge in [0, 0.05) is 6.04 Å². The Bertz CT molecular complexity index is 1030. The van der Waals surface area contributed by atoms with Gasteiger partial charge in [-0.3, -0.25) is 24.1 Å². The number of carbonyl (C=O) groups excluding carboxylic acids is 5. The first-order chi connectivity index (χ1) is 16.2. The number of benzene rings is 1. The molecule has 1 aromatic rings. The lowest BCUT2D eigenvalue weighted by molar-refractivity contribution is -0.143. The smallest absolute Gasteiger partial charge is 0.408 e. The molecule has 0 radical (unpaired) electrons. The molecule has 0 aliphatic heterocycles. The average Bonchev–Trinajstić information content (AvgIpc) is 2.74. The van der Waals surface area contributed by atoms with Crippen molar-refractivity contribution in [2.24, 2.45) is 5.73 Å². The lowest BCUT2D eigenvalue weighted by Crippen LogP contribution is -2.52. The van der Waals surface area contributed by atoms with Crippen molar-refractivity contribution in [2.45, 2.75) is 51.8 Å². The van der Waals surface area contributed by atoms with Crippen molar-refractivity contribution in [3.8, 4) is 18.2 Å². The summed E-state index contributed by atoms with van der Waals surface area (Å²) >= 11 is 0. The van der Waals surface area contributed by atoms with Crippen LogP contribution in [0.5, 0.6) is 5.75 Å². The Morgan fingerprint density at radius 2 is 1.86 bits per heavy atom. The minimum Gasteiger partial charge on any atom is -0.508 e. The van der Waals surface area contributed by atoms with Crippen LogP contribution in [0.2, 0.25) is 0 Å². The summed E-state index contributed by atoms with van der Waals surface area (Å²) in [6.07, 6.45) is 3.92. The molecule has 35 heavy (non-hydrogen) atoms. The maximum Gasteiger partial charge on any atom is 0.408 e. The van der Waals surface area contributed by atoms with E-state index in [4.69, 9.17) is 16.9 Å². The highest BCUT2D eigenvalue weighted by molar-refractivity contribution is 5.96. The van der Waals surface area contributed by atoms with Crippen molar-refractivity contribution in [1.29, 1.82) is 0 Å². The number of nitrogens with zero attached hydrogens (tertiary/aromatic N) is 1. The van der Waals surface area contributed by atoms with Crippen molar-refractivity contribution in [3.05, 3.63) is 29.3 Å². The Kier molecular flexibility index (Phi) is 10.1. The molecule has 1 rings (SSSR count). The van der Waals surface area contributed by atoms with Crippen LogP contribution in [0.25, 0.3) is 0 Å². The first-order valence-electron chi connectivity index (χ1n) is 10.4. The predicted octanol–water partition coefficient (Wildman–Crippen LogP) is 0.219. The summed E-state index contributed by atoms with van der Waals surface area (Å²) in [5.41, 5.74) is 4.89. The van der Waals surface area contributed by atoms with Gasteiger partial charge in [-0.25, -0.2) is 4.79 Å². The molecule has 5 N–H and O–H groups in total. The number of aryl methyl sites for hydroxylation is 1. The van der Waals surface area contributed by atoms with E-state index in [0.29, 0.717) is 10.5 Å². The minimum atomic E-state index is -1.56. The minimum absolute atomic E-state index is 0.0701. The Labute approximate surface area is 203 Å². The van der Waals surface area contributed by atoms with Crippen LogP contribution < -0.4 is 16.4 Å². The highest BCUT2D eigenvalue weighted by Crippen LogP contribution is 2.27. The molecule has 0 spiro atoms. The number of phenols is 1. The summed E-state index contributed by atoms with van der Waals surface area (Å²) in [5.74, 6) is -3.62. The zero-order chi connectivity index (χ0) is 26.9. The molecule has 0 aliphatic rings. The van der Waals surface area contributed by atoms with Crippen molar-refractivity contribution < 1.29 is 38.6 Å². The number of hydrogen-bond acceptors (Lipinski definition) is 8. The van der Waals surface area contributed by atoms with Gasteiger partial charge < -0.3 is 30.9 Å². The number of hydrogen-bond donors (Lipinski definition) is 4. The normalized spacial score (nSPS) is 12.3. The summed E-state index contributed by atoms with van der Waals surface area (Å²) in [6, 6.07) is 3.09. The van der Waals surface area contributed by atoms with Crippen molar-refractivity contribution in [1.82, 2.24) is 15.5 Å². The standard InChI is InChI=1S/C23H30N4O8/c1-7-27(21(32)15(11-17(24)29)26-22(33)35-23(3,4)5)19(20(31)25-12-18(30)34-6)14-8-9-16(28)13(2)10-14/h1,8-10,15,19,28H,11-12H2,2-6H3,(H2,24,29)(H,25,31)(H,26,33). The maximum absolute atomic E-state index is 13.4. The highest BCUT2D eigenvalue weighted by atomic mass is 16.6. The molecular formula is C23H30N4O8. The molecule has 2 unspecified atom stereocenters. The second-order valence-electron chi connectivity index (χ2n) is 8.45. The first kappa shape index (κ1) is 28.8. The van der Waals surface area contributed by atoms with E-state index in [0.717, 1.165) is 7.11 Å². The fourth-order valence-corrected chi connectivity index (χ4v) is 2.88. The number of primary amides is 1. The molecule has 0 aliphatic carbocycles. The largest absolute Gasteiger partial charge is 0.508 e. The number of methoxy groups -OCH3 is 1. The van der Waals surface area contributed by atoms with Crippen LogP contribution in [0.15, 0.2) is 18.2 Å². The third kappa shape index (κ3) is 8.88. The van der Waals surface area contributed by atoms with E-state index < -0.39 is 60.4 Å². The number of phenolic OH excluding ortho intramolecular Hbond substituents is 1. The summed E-state index contributed by atoms with van der Waals surface area (Å²) in [7, 11) is 1.13. The van der Waals surface area contributed by atoms with Gasteiger partial charge >= 0.3 is 12.1 Å². The van der Waals surface area contributed by atoms with Crippen LogP contribution in [0.1, 0.15) is 44.4 Å². The monoisotopic (exact) mass is 490 g/mol. The Hall–Kier alpha value is -4.27. The van der Waals surface area contributed by atoms with Gasteiger partial charge in [-0.2, -0.15) is 0 Å². The third-order valence-corrected chi connectivity index (χ3v) is 4.45. The number of alkyl carbamates (subject to hydrolysis) is 1. The molecule has 0 saturated heterocycles. The zero-order valence-electron chi connectivity index (χ0n) is 20.2. The quantitative estimate of drug-likeness (QED) is 0.216. The molecule has 1 aromatic carbocycles. The Balaban J connectivity index is 3.42. The molecule has 0 bridgehead atoms. The number of aromatic hydroxyl groups is 1. The van der Waals surface area contributed by atoms with Gasteiger partial charge in [-0.15, -0.1) is 0 Å². The fourth-order valence-electron chi connectivity index (χ4n) is 2.88. The molecule has 4 amide bonds. The molecule has 190 valence electrons. The number of nitrogens with two attached hydrogens (primary N) is 1. The molecular weight excluding hydrogens is 460 g/mol. The lowest BCUT2D eigenvalue weighted by atomic mass is 10.0. The van der Waals surface area contributed by atoms with Gasteiger partial charge in [-0.1, -0.05) is 12.5 Å². The second kappa shape index (κ2) is 12.3. The van der Waals surface area contributed by atoms with Crippen molar-refractivity contribution >= 4 is 29.8 Å². The number of rotatable bonds is 9. The number of carbonyl (C=O) groups is 5. The maximum atomic E-state index is 13.4. The van der Waals surface area contributed by atoms with E-state index in [1.165, 1.54) is 18.2 Å².